The van der Waals surface area contributed by atoms with Crippen LogP contribution in [0.15, 0.2) is 66.9 Å². The molecule has 1 N–H and O–H groups in total. The van der Waals surface area contributed by atoms with Gasteiger partial charge >= 0.3 is 0 Å². The Kier molecular flexibility index (Phi) is 4.49. The number of hydrogen-bond donors (Lipinski definition) is 1. The average Bonchev–Trinajstić information content (AvgIpc) is 3.08. The molecule has 1 atom stereocenters. The average molecular weight is 355 g/mol. The normalized spacial score (nSPS) is 12.3. The number of aromatic nitrogens is 1. The molecule has 0 bridgehead atoms. The monoisotopic (exact) mass is 355 g/mol. The molecule has 136 valence electrons. The number of fused-ring (bicyclic) bond motifs is 1. The number of hydrogen-bond acceptors (Lipinski definition) is 1. The number of methoxy groups -OCH3 is 1. The second-order valence-corrected chi connectivity index (χ2v) is 7.31. The Morgan fingerprint density at radius 2 is 1.52 bits per heavy atom. The Bertz CT molecular complexity index is 1070. The summed E-state index contributed by atoms with van der Waals surface area (Å²) in [5.41, 5.74) is 9.11. The van der Waals surface area contributed by atoms with Gasteiger partial charge in [0, 0.05) is 23.0 Å². The van der Waals surface area contributed by atoms with E-state index in [2.05, 4.69) is 92.6 Å². The lowest BCUT2D eigenvalue weighted by Crippen LogP contribution is -2.07. The van der Waals surface area contributed by atoms with Gasteiger partial charge in [0.15, 0.2) is 0 Å². The molecular formula is C25H25NO. The fraction of sp³-hybridized carbons (Fsp3) is 0.200. The maximum absolute atomic E-state index is 5.37. The van der Waals surface area contributed by atoms with Crippen LogP contribution in [-0.4, -0.2) is 12.1 Å². The van der Waals surface area contributed by atoms with Crippen LogP contribution in [0.5, 0.6) is 5.75 Å². The van der Waals surface area contributed by atoms with E-state index in [4.69, 9.17) is 4.74 Å². The van der Waals surface area contributed by atoms with Crippen molar-refractivity contribution < 1.29 is 4.74 Å². The highest BCUT2D eigenvalue weighted by atomic mass is 16.5. The van der Waals surface area contributed by atoms with Crippen molar-refractivity contribution in [3.8, 4) is 5.75 Å². The molecule has 0 aliphatic carbocycles. The Hall–Kier alpha value is -3.00. The molecule has 0 spiro atoms. The van der Waals surface area contributed by atoms with Crippen LogP contribution in [0.3, 0.4) is 0 Å². The molecule has 0 radical (unpaired) electrons. The first-order valence-electron chi connectivity index (χ1n) is 9.36. The largest absolute Gasteiger partial charge is 0.497 e. The third-order valence-corrected chi connectivity index (χ3v) is 5.41. The Morgan fingerprint density at radius 3 is 2.19 bits per heavy atom. The van der Waals surface area contributed by atoms with Gasteiger partial charge in [-0.1, -0.05) is 48.0 Å². The van der Waals surface area contributed by atoms with Gasteiger partial charge in [0.1, 0.15) is 5.75 Å². The Balaban J connectivity index is 1.98. The molecule has 3 aromatic carbocycles. The first-order chi connectivity index (χ1) is 13.1. The van der Waals surface area contributed by atoms with Crippen LogP contribution < -0.4 is 4.74 Å². The summed E-state index contributed by atoms with van der Waals surface area (Å²) in [6, 6.07) is 21.6. The van der Waals surface area contributed by atoms with E-state index in [-0.39, 0.29) is 5.92 Å². The molecule has 0 saturated carbocycles. The molecule has 4 aromatic rings. The zero-order valence-corrected chi connectivity index (χ0v) is 16.3. The van der Waals surface area contributed by atoms with Crippen LogP contribution in [-0.2, 0) is 0 Å². The van der Waals surface area contributed by atoms with Crippen molar-refractivity contribution in [2.75, 3.05) is 7.11 Å². The number of benzene rings is 3. The van der Waals surface area contributed by atoms with Crippen LogP contribution in [0, 0.1) is 20.8 Å². The molecule has 0 saturated heterocycles. The SMILES string of the molecule is COc1ccc(C(c2c(C)cc(C)cc2C)c2c[nH]c3ccccc23)cc1. The van der Waals surface area contributed by atoms with E-state index in [9.17, 15) is 0 Å². The molecule has 0 aliphatic heterocycles. The van der Waals surface area contributed by atoms with Crippen LogP contribution >= 0.6 is 0 Å². The van der Waals surface area contributed by atoms with E-state index in [0.29, 0.717) is 0 Å². The highest BCUT2D eigenvalue weighted by Crippen LogP contribution is 2.39. The molecule has 4 rings (SSSR count). The summed E-state index contributed by atoms with van der Waals surface area (Å²) in [5.74, 6) is 1.06. The predicted molar refractivity (Wildman–Crippen MR) is 113 cm³/mol. The highest BCUT2D eigenvalue weighted by molar-refractivity contribution is 5.85. The number of H-pyrrole nitrogens is 1. The number of aromatic amines is 1. The summed E-state index contributed by atoms with van der Waals surface area (Å²) >= 11 is 0. The first-order valence-corrected chi connectivity index (χ1v) is 9.36. The van der Waals surface area contributed by atoms with Crippen LogP contribution in [0.25, 0.3) is 10.9 Å². The topological polar surface area (TPSA) is 25.0 Å². The Labute approximate surface area is 160 Å². The van der Waals surface area contributed by atoms with Crippen molar-refractivity contribution in [2.45, 2.75) is 26.7 Å². The molecule has 27 heavy (non-hydrogen) atoms. The fourth-order valence-electron chi connectivity index (χ4n) is 4.28. The van der Waals surface area contributed by atoms with Gasteiger partial charge in [-0.2, -0.15) is 0 Å². The van der Waals surface area contributed by atoms with E-state index in [1.54, 1.807) is 7.11 Å². The zero-order chi connectivity index (χ0) is 19.0. The van der Waals surface area contributed by atoms with E-state index in [0.717, 1.165) is 5.75 Å². The van der Waals surface area contributed by atoms with Crippen molar-refractivity contribution in [3.05, 3.63) is 100 Å². The van der Waals surface area contributed by atoms with Gasteiger partial charge in [0.25, 0.3) is 0 Å². The summed E-state index contributed by atoms with van der Waals surface area (Å²) in [5, 5.41) is 1.28. The minimum atomic E-state index is 0.174. The van der Waals surface area contributed by atoms with Gasteiger partial charge in [0.05, 0.1) is 7.11 Å². The van der Waals surface area contributed by atoms with E-state index in [1.807, 2.05) is 0 Å². The van der Waals surface area contributed by atoms with Gasteiger partial charge in [-0.3, -0.25) is 0 Å². The third-order valence-electron chi connectivity index (χ3n) is 5.41. The maximum atomic E-state index is 5.37. The number of rotatable bonds is 4. The van der Waals surface area contributed by atoms with Crippen LogP contribution in [0.1, 0.15) is 39.3 Å². The molecule has 1 unspecified atom stereocenters. The fourth-order valence-corrected chi connectivity index (χ4v) is 4.28. The molecule has 1 aromatic heterocycles. The van der Waals surface area contributed by atoms with Crippen molar-refractivity contribution in [2.24, 2.45) is 0 Å². The van der Waals surface area contributed by atoms with E-state index in [1.165, 1.54) is 44.3 Å². The van der Waals surface area contributed by atoms with Crippen molar-refractivity contribution in [3.63, 3.8) is 0 Å². The third kappa shape index (κ3) is 3.12. The summed E-state index contributed by atoms with van der Waals surface area (Å²) in [4.78, 5) is 3.46. The number of para-hydroxylation sites is 1. The van der Waals surface area contributed by atoms with E-state index < -0.39 is 0 Å². The smallest absolute Gasteiger partial charge is 0.118 e. The number of ether oxygens (including phenoxy) is 1. The number of aryl methyl sites for hydroxylation is 3. The lowest BCUT2D eigenvalue weighted by Gasteiger charge is -2.23. The quantitative estimate of drug-likeness (QED) is 0.458. The molecule has 1 heterocycles. The molecule has 0 aliphatic rings. The maximum Gasteiger partial charge on any atom is 0.118 e. The van der Waals surface area contributed by atoms with Gasteiger partial charge in [-0.05, 0) is 66.8 Å². The van der Waals surface area contributed by atoms with Gasteiger partial charge in [-0.15, -0.1) is 0 Å². The summed E-state index contributed by atoms with van der Waals surface area (Å²) in [6.45, 7) is 6.61. The molecule has 0 amide bonds. The van der Waals surface area contributed by atoms with E-state index >= 15 is 0 Å². The standard InChI is InChI=1S/C25H25NO/c1-16-13-17(2)24(18(3)14-16)25(19-9-11-20(27-4)12-10-19)22-15-26-23-8-6-5-7-21(22)23/h5-15,25-26H,1-4H3. The predicted octanol–water partition coefficient (Wildman–Crippen LogP) is 6.28. The van der Waals surface area contributed by atoms with Crippen LogP contribution in [0.4, 0.5) is 0 Å². The summed E-state index contributed by atoms with van der Waals surface area (Å²) in [6.07, 6.45) is 2.16. The summed E-state index contributed by atoms with van der Waals surface area (Å²) in [7, 11) is 1.71. The molecule has 0 fully saturated rings. The lowest BCUT2D eigenvalue weighted by atomic mass is 9.80. The second kappa shape index (κ2) is 6.96. The minimum Gasteiger partial charge on any atom is -0.497 e. The molecular weight excluding hydrogens is 330 g/mol. The highest BCUT2D eigenvalue weighted by Gasteiger charge is 2.23. The molecule has 2 nitrogen and oxygen atoms in total. The Morgan fingerprint density at radius 1 is 0.852 bits per heavy atom. The van der Waals surface area contributed by atoms with Crippen LogP contribution in [0.2, 0.25) is 0 Å². The minimum absolute atomic E-state index is 0.174. The second-order valence-electron chi connectivity index (χ2n) is 7.31. The molecule has 2 heteroatoms. The van der Waals surface area contributed by atoms with Crippen molar-refractivity contribution in [1.29, 1.82) is 0 Å². The van der Waals surface area contributed by atoms with Crippen molar-refractivity contribution >= 4 is 10.9 Å². The van der Waals surface area contributed by atoms with Gasteiger partial charge in [0.2, 0.25) is 0 Å². The van der Waals surface area contributed by atoms with Gasteiger partial charge < -0.3 is 9.72 Å². The van der Waals surface area contributed by atoms with Crippen molar-refractivity contribution in [1.82, 2.24) is 4.98 Å². The lowest BCUT2D eigenvalue weighted by molar-refractivity contribution is 0.414. The van der Waals surface area contributed by atoms with Gasteiger partial charge in [-0.25, -0.2) is 0 Å². The zero-order valence-electron chi connectivity index (χ0n) is 16.3. The summed E-state index contributed by atoms with van der Waals surface area (Å²) < 4.78 is 5.37. The number of nitrogens with one attached hydrogen (secondary N) is 1. The first kappa shape index (κ1) is 17.4.